The van der Waals surface area contributed by atoms with Gasteiger partial charge in [0.15, 0.2) is 0 Å². The molecule has 134 valence electrons. The number of amides is 2. The molecule has 1 spiro atoms. The smallest absolute Gasteiger partial charge is 0.255 e. The lowest BCUT2D eigenvalue weighted by molar-refractivity contribution is -0.139. The Morgan fingerprint density at radius 3 is 2.56 bits per heavy atom. The molecule has 0 atom stereocenters. The molecular formula is C20H26N2O2S. The molecule has 0 unspecified atom stereocenters. The molecule has 0 N–H and O–H groups in total. The maximum absolute atomic E-state index is 13.1. The summed E-state index contributed by atoms with van der Waals surface area (Å²) in [5, 5.41) is 0. The van der Waals surface area contributed by atoms with E-state index in [2.05, 4.69) is 4.90 Å². The molecule has 0 bridgehead atoms. The highest BCUT2D eigenvalue weighted by molar-refractivity contribution is 8.00. The van der Waals surface area contributed by atoms with Crippen molar-refractivity contribution in [1.82, 2.24) is 9.80 Å². The minimum absolute atomic E-state index is 0.114. The van der Waals surface area contributed by atoms with Crippen LogP contribution in [-0.2, 0) is 4.79 Å². The first-order valence-electron chi connectivity index (χ1n) is 9.40. The summed E-state index contributed by atoms with van der Waals surface area (Å²) in [4.78, 5) is 29.6. The average molecular weight is 359 g/mol. The molecule has 2 heterocycles. The zero-order valence-corrected chi connectivity index (χ0v) is 15.7. The van der Waals surface area contributed by atoms with E-state index in [4.69, 9.17) is 0 Å². The number of carbonyl (C=O) groups is 2. The number of hydrogen-bond acceptors (Lipinski definition) is 3. The standard InChI is InChI=1S/C20H26N2O2S/c1-15-4-2-7-17(14-15)19(24)22-12-13-25-20(22)8-10-21(11-9-20)18(23)16-5-3-6-16/h2,4,7,14,16H,3,5-6,8-13H2,1H3. The highest BCUT2D eigenvalue weighted by Crippen LogP contribution is 2.45. The molecular weight excluding hydrogens is 332 g/mol. The van der Waals surface area contributed by atoms with Gasteiger partial charge in [-0.15, -0.1) is 11.8 Å². The van der Waals surface area contributed by atoms with Crippen LogP contribution < -0.4 is 0 Å². The summed E-state index contributed by atoms with van der Waals surface area (Å²) in [6, 6.07) is 7.88. The lowest BCUT2D eigenvalue weighted by atomic mass is 9.84. The van der Waals surface area contributed by atoms with Gasteiger partial charge in [0.05, 0.1) is 4.87 Å². The molecule has 1 aromatic rings. The number of likely N-dealkylation sites (tertiary alicyclic amines) is 1. The second-order valence-electron chi connectivity index (χ2n) is 7.57. The third kappa shape index (κ3) is 3.07. The third-order valence-corrected chi connectivity index (χ3v) is 7.55. The first-order valence-corrected chi connectivity index (χ1v) is 10.4. The molecule has 25 heavy (non-hydrogen) atoms. The highest BCUT2D eigenvalue weighted by atomic mass is 32.2. The normalized spacial score (nSPS) is 22.9. The Bertz CT molecular complexity index is 678. The fraction of sp³-hybridized carbons (Fsp3) is 0.600. The Labute approximate surface area is 153 Å². The zero-order chi connectivity index (χ0) is 17.4. The Morgan fingerprint density at radius 2 is 1.92 bits per heavy atom. The van der Waals surface area contributed by atoms with Crippen LogP contribution in [0.1, 0.15) is 48.0 Å². The van der Waals surface area contributed by atoms with Gasteiger partial charge < -0.3 is 9.80 Å². The van der Waals surface area contributed by atoms with Gasteiger partial charge in [-0.3, -0.25) is 9.59 Å². The van der Waals surface area contributed by atoms with E-state index in [9.17, 15) is 9.59 Å². The first-order chi connectivity index (χ1) is 12.1. The van der Waals surface area contributed by atoms with Crippen molar-refractivity contribution in [3.63, 3.8) is 0 Å². The second-order valence-corrected chi connectivity index (χ2v) is 9.03. The van der Waals surface area contributed by atoms with Crippen molar-refractivity contribution in [3.05, 3.63) is 35.4 Å². The Kier molecular flexibility index (Phi) is 4.52. The molecule has 2 aliphatic heterocycles. The van der Waals surface area contributed by atoms with Crippen molar-refractivity contribution in [2.75, 3.05) is 25.4 Å². The van der Waals surface area contributed by atoms with E-state index in [1.54, 1.807) is 0 Å². The van der Waals surface area contributed by atoms with Gasteiger partial charge in [-0.1, -0.05) is 24.1 Å². The summed E-state index contributed by atoms with van der Waals surface area (Å²) >= 11 is 1.91. The van der Waals surface area contributed by atoms with Crippen molar-refractivity contribution < 1.29 is 9.59 Å². The molecule has 3 aliphatic rings. The van der Waals surface area contributed by atoms with Crippen molar-refractivity contribution in [1.29, 1.82) is 0 Å². The van der Waals surface area contributed by atoms with E-state index in [0.717, 1.165) is 62.2 Å². The predicted octanol–water partition coefficient (Wildman–Crippen LogP) is 3.30. The molecule has 0 aromatic heterocycles. The largest absolute Gasteiger partial charge is 0.342 e. The number of piperidine rings is 1. The van der Waals surface area contributed by atoms with Crippen LogP contribution in [0.4, 0.5) is 0 Å². The molecule has 1 aromatic carbocycles. The van der Waals surface area contributed by atoms with Crippen LogP contribution in [0.15, 0.2) is 24.3 Å². The summed E-state index contributed by atoms with van der Waals surface area (Å²) in [6.07, 6.45) is 5.12. The van der Waals surface area contributed by atoms with Crippen molar-refractivity contribution in [2.24, 2.45) is 5.92 Å². The Morgan fingerprint density at radius 1 is 1.16 bits per heavy atom. The van der Waals surface area contributed by atoms with Gasteiger partial charge in [0, 0.05) is 36.9 Å². The lowest BCUT2D eigenvalue weighted by Gasteiger charge is -2.45. The Balaban J connectivity index is 1.46. The van der Waals surface area contributed by atoms with Crippen LogP contribution in [0.5, 0.6) is 0 Å². The van der Waals surface area contributed by atoms with E-state index < -0.39 is 0 Å². The number of rotatable bonds is 2. The minimum Gasteiger partial charge on any atom is -0.342 e. The van der Waals surface area contributed by atoms with E-state index >= 15 is 0 Å². The maximum atomic E-state index is 13.1. The summed E-state index contributed by atoms with van der Waals surface area (Å²) in [7, 11) is 0. The minimum atomic E-state index is -0.114. The molecule has 2 amide bonds. The van der Waals surface area contributed by atoms with Gasteiger partial charge in [-0.2, -0.15) is 0 Å². The molecule has 1 saturated carbocycles. The zero-order valence-electron chi connectivity index (χ0n) is 14.9. The number of hydrogen-bond donors (Lipinski definition) is 0. The molecule has 2 saturated heterocycles. The third-order valence-electron chi connectivity index (χ3n) is 6.00. The van der Waals surface area contributed by atoms with Gasteiger partial charge in [-0.25, -0.2) is 0 Å². The molecule has 4 rings (SSSR count). The van der Waals surface area contributed by atoms with Gasteiger partial charge in [-0.05, 0) is 44.7 Å². The summed E-state index contributed by atoms with van der Waals surface area (Å²) in [5.74, 6) is 1.76. The number of nitrogens with zero attached hydrogens (tertiary/aromatic N) is 2. The van der Waals surface area contributed by atoms with E-state index in [1.165, 1.54) is 6.42 Å². The van der Waals surface area contributed by atoms with Crippen LogP contribution in [0.2, 0.25) is 0 Å². The molecule has 5 heteroatoms. The summed E-state index contributed by atoms with van der Waals surface area (Å²) in [6.45, 7) is 4.42. The highest BCUT2D eigenvalue weighted by Gasteiger charge is 2.47. The molecule has 1 aliphatic carbocycles. The lowest BCUT2D eigenvalue weighted by Crippen LogP contribution is -2.54. The van der Waals surface area contributed by atoms with Gasteiger partial charge in [0.2, 0.25) is 5.91 Å². The van der Waals surface area contributed by atoms with Gasteiger partial charge >= 0.3 is 0 Å². The summed E-state index contributed by atoms with van der Waals surface area (Å²) in [5.41, 5.74) is 1.91. The van der Waals surface area contributed by atoms with Crippen LogP contribution in [0, 0.1) is 12.8 Å². The number of benzene rings is 1. The van der Waals surface area contributed by atoms with Gasteiger partial charge in [0.25, 0.3) is 5.91 Å². The predicted molar refractivity (Wildman–Crippen MR) is 101 cm³/mol. The maximum Gasteiger partial charge on any atom is 0.255 e. The van der Waals surface area contributed by atoms with Crippen LogP contribution in [0.25, 0.3) is 0 Å². The average Bonchev–Trinajstić information content (AvgIpc) is 2.96. The van der Waals surface area contributed by atoms with Gasteiger partial charge in [0.1, 0.15) is 0 Å². The number of aryl methyl sites for hydroxylation is 1. The molecule has 3 fully saturated rings. The number of carbonyl (C=O) groups excluding carboxylic acids is 2. The van der Waals surface area contributed by atoms with Crippen LogP contribution in [0.3, 0.4) is 0 Å². The first kappa shape index (κ1) is 17.0. The molecule has 4 nitrogen and oxygen atoms in total. The quantitative estimate of drug-likeness (QED) is 0.814. The van der Waals surface area contributed by atoms with E-state index in [-0.39, 0.29) is 16.7 Å². The van der Waals surface area contributed by atoms with Crippen LogP contribution in [-0.4, -0.2) is 51.9 Å². The van der Waals surface area contributed by atoms with Crippen molar-refractivity contribution in [3.8, 4) is 0 Å². The summed E-state index contributed by atoms with van der Waals surface area (Å²) < 4.78 is 0. The fourth-order valence-corrected chi connectivity index (χ4v) is 5.69. The monoisotopic (exact) mass is 358 g/mol. The van der Waals surface area contributed by atoms with E-state index in [1.807, 2.05) is 47.9 Å². The van der Waals surface area contributed by atoms with Crippen LogP contribution >= 0.6 is 11.8 Å². The SMILES string of the molecule is Cc1cccc(C(=O)N2CCSC23CCN(C(=O)C2CCC2)CC3)c1. The Hall–Kier alpha value is -1.49. The molecule has 0 radical (unpaired) electrons. The van der Waals surface area contributed by atoms with Crippen molar-refractivity contribution >= 4 is 23.6 Å². The topological polar surface area (TPSA) is 40.6 Å². The second kappa shape index (κ2) is 6.67. The number of thioether (sulfide) groups is 1. The van der Waals surface area contributed by atoms with E-state index in [0.29, 0.717) is 5.91 Å². The van der Waals surface area contributed by atoms with Crippen molar-refractivity contribution in [2.45, 2.75) is 43.9 Å². The fourth-order valence-electron chi connectivity index (χ4n) is 4.23.